The fourth-order valence-electron chi connectivity index (χ4n) is 2.46. The Morgan fingerprint density at radius 2 is 2.10 bits per heavy atom. The minimum Gasteiger partial charge on any atom is -0.383 e. The van der Waals surface area contributed by atoms with E-state index in [1.807, 2.05) is 13.8 Å². The van der Waals surface area contributed by atoms with Gasteiger partial charge in [-0.15, -0.1) is 5.10 Å². The van der Waals surface area contributed by atoms with Crippen LogP contribution in [0, 0.1) is 31.1 Å². The Balaban J connectivity index is 2.37. The molecule has 0 saturated heterocycles. The van der Waals surface area contributed by atoms with Crippen molar-refractivity contribution in [3.63, 3.8) is 0 Å². The first kappa shape index (κ1) is 14.7. The molecule has 0 aliphatic heterocycles. The number of ether oxygens (including phenoxy) is 1. The highest BCUT2D eigenvalue weighted by molar-refractivity contribution is 5.58. The number of hydrogen-bond donors (Lipinski definition) is 0. The van der Waals surface area contributed by atoms with Crippen molar-refractivity contribution in [2.45, 2.75) is 39.7 Å². The van der Waals surface area contributed by atoms with Crippen molar-refractivity contribution in [3.05, 3.63) is 16.8 Å². The number of aromatic nitrogens is 2. The summed E-state index contributed by atoms with van der Waals surface area (Å²) in [7, 11) is 1.69. The lowest BCUT2D eigenvalue weighted by molar-refractivity contribution is 0.202. The summed E-state index contributed by atoms with van der Waals surface area (Å²) in [5.74, 6) is 1.40. The molecule has 5 heteroatoms. The van der Waals surface area contributed by atoms with Gasteiger partial charge in [-0.05, 0) is 45.1 Å². The number of nitriles is 1. The molecule has 1 fully saturated rings. The van der Waals surface area contributed by atoms with E-state index in [0.717, 1.165) is 17.8 Å². The van der Waals surface area contributed by atoms with Crippen molar-refractivity contribution < 1.29 is 4.74 Å². The van der Waals surface area contributed by atoms with E-state index in [4.69, 9.17) is 4.74 Å². The summed E-state index contributed by atoms with van der Waals surface area (Å²) in [6.07, 6.45) is 2.51. The third-order valence-corrected chi connectivity index (χ3v) is 4.15. The monoisotopic (exact) mass is 274 g/mol. The summed E-state index contributed by atoms with van der Waals surface area (Å²) >= 11 is 0. The predicted octanol–water partition coefficient (Wildman–Crippen LogP) is 2.22. The lowest BCUT2D eigenvalue weighted by atomic mass is 10.1. The summed E-state index contributed by atoms with van der Waals surface area (Å²) in [4.78, 5) is 2.18. The molecule has 20 heavy (non-hydrogen) atoms. The first-order valence-electron chi connectivity index (χ1n) is 7.09. The number of hydrogen-bond acceptors (Lipinski definition) is 5. The number of nitrogens with zero attached hydrogens (tertiary/aromatic N) is 4. The molecule has 1 unspecified atom stereocenters. The smallest absolute Gasteiger partial charge is 0.169 e. The molecule has 0 amide bonds. The van der Waals surface area contributed by atoms with Gasteiger partial charge < -0.3 is 9.64 Å². The van der Waals surface area contributed by atoms with Gasteiger partial charge in [-0.25, -0.2) is 0 Å². The first-order valence-corrected chi connectivity index (χ1v) is 7.09. The van der Waals surface area contributed by atoms with E-state index in [2.05, 4.69) is 28.1 Å². The molecule has 1 aromatic heterocycles. The molecule has 0 aromatic carbocycles. The maximum atomic E-state index is 9.46. The molecule has 0 spiro atoms. The molecule has 2 rings (SSSR count). The van der Waals surface area contributed by atoms with Gasteiger partial charge in [-0.2, -0.15) is 10.4 Å². The van der Waals surface area contributed by atoms with E-state index in [0.29, 0.717) is 29.9 Å². The summed E-state index contributed by atoms with van der Waals surface area (Å²) in [6, 6.07) is 2.66. The summed E-state index contributed by atoms with van der Waals surface area (Å²) in [6.45, 7) is 7.38. The molecule has 1 aromatic rings. The SMILES string of the molecule is COCCN(c1nnc(C)c(C)c1C#N)C(C)C1CC1. The van der Waals surface area contributed by atoms with Gasteiger partial charge in [0.15, 0.2) is 5.82 Å². The van der Waals surface area contributed by atoms with Crippen LogP contribution in [0.1, 0.15) is 36.6 Å². The van der Waals surface area contributed by atoms with Crippen molar-refractivity contribution in [2.24, 2.45) is 5.92 Å². The zero-order valence-corrected chi connectivity index (χ0v) is 12.7. The highest BCUT2D eigenvalue weighted by Crippen LogP contribution is 2.37. The summed E-state index contributed by atoms with van der Waals surface area (Å²) in [5.41, 5.74) is 2.38. The van der Waals surface area contributed by atoms with E-state index in [-0.39, 0.29) is 0 Å². The molecular formula is C15H22N4O. The summed E-state index contributed by atoms with van der Waals surface area (Å²) in [5, 5.41) is 17.9. The van der Waals surface area contributed by atoms with Crippen molar-refractivity contribution in [2.75, 3.05) is 25.2 Å². The van der Waals surface area contributed by atoms with Gasteiger partial charge in [0.25, 0.3) is 0 Å². The lowest BCUT2D eigenvalue weighted by Crippen LogP contribution is -2.38. The molecule has 108 valence electrons. The van der Waals surface area contributed by atoms with Gasteiger partial charge in [-0.1, -0.05) is 0 Å². The molecular weight excluding hydrogens is 252 g/mol. The Hall–Kier alpha value is -1.67. The molecule has 0 N–H and O–H groups in total. The van der Waals surface area contributed by atoms with Crippen LogP contribution in [0.5, 0.6) is 0 Å². The molecule has 0 radical (unpaired) electrons. The summed E-state index contributed by atoms with van der Waals surface area (Å²) < 4.78 is 5.20. The van der Waals surface area contributed by atoms with Gasteiger partial charge in [-0.3, -0.25) is 0 Å². The second kappa shape index (κ2) is 6.19. The third kappa shape index (κ3) is 2.91. The van der Waals surface area contributed by atoms with Crippen molar-refractivity contribution >= 4 is 5.82 Å². The number of anilines is 1. The molecule has 1 aliphatic rings. The van der Waals surface area contributed by atoms with Gasteiger partial charge in [0.05, 0.1) is 12.3 Å². The Labute approximate surface area is 120 Å². The van der Waals surface area contributed by atoms with E-state index in [1.54, 1.807) is 7.11 Å². The lowest BCUT2D eigenvalue weighted by Gasteiger charge is -2.31. The number of methoxy groups -OCH3 is 1. The highest BCUT2D eigenvalue weighted by Gasteiger charge is 2.34. The molecule has 0 bridgehead atoms. The largest absolute Gasteiger partial charge is 0.383 e. The molecule has 1 atom stereocenters. The van der Waals surface area contributed by atoms with Crippen LogP contribution >= 0.6 is 0 Å². The second-order valence-corrected chi connectivity index (χ2v) is 5.49. The van der Waals surface area contributed by atoms with Crippen LogP contribution in [-0.4, -0.2) is 36.5 Å². The predicted molar refractivity (Wildman–Crippen MR) is 77.6 cm³/mol. The zero-order chi connectivity index (χ0) is 14.7. The van der Waals surface area contributed by atoms with Crippen LogP contribution in [0.25, 0.3) is 0 Å². The minimum atomic E-state index is 0.369. The molecule has 1 heterocycles. The maximum absolute atomic E-state index is 9.46. The Kier molecular flexibility index (Phi) is 4.56. The third-order valence-electron chi connectivity index (χ3n) is 4.15. The Morgan fingerprint density at radius 3 is 2.65 bits per heavy atom. The zero-order valence-electron chi connectivity index (χ0n) is 12.7. The average molecular weight is 274 g/mol. The number of aryl methyl sites for hydroxylation is 1. The van der Waals surface area contributed by atoms with Crippen LogP contribution in [0.3, 0.4) is 0 Å². The normalized spacial score (nSPS) is 15.8. The average Bonchev–Trinajstić information content (AvgIpc) is 3.27. The fourth-order valence-corrected chi connectivity index (χ4v) is 2.46. The van der Waals surface area contributed by atoms with Crippen LogP contribution in [0.15, 0.2) is 0 Å². The van der Waals surface area contributed by atoms with Crippen LogP contribution in [0.4, 0.5) is 5.82 Å². The van der Waals surface area contributed by atoms with Gasteiger partial charge in [0.1, 0.15) is 11.6 Å². The van der Waals surface area contributed by atoms with Gasteiger partial charge in [0, 0.05) is 19.7 Å². The van der Waals surface area contributed by atoms with Crippen LogP contribution in [0.2, 0.25) is 0 Å². The number of rotatable bonds is 6. The maximum Gasteiger partial charge on any atom is 0.169 e. The van der Waals surface area contributed by atoms with Crippen molar-refractivity contribution in [1.29, 1.82) is 5.26 Å². The van der Waals surface area contributed by atoms with E-state index >= 15 is 0 Å². The Bertz CT molecular complexity index is 519. The van der Waals surface area contributed by atoms with Crippen LogP contribution < -0.4 is 4.90 Å². The fraction of sp³-hybridized carbons (Fsp3) is 0.667. The molecule has 1 aliphatic carbocycles. The quantitative estimate of drug-likeness (QED) is 0.796. The van der Waals surface area contributed by atoms with E-state index < -0.39 is 0 Å². The highest BCUT2D eigenvalue weighted by atomic mass is 16.5. The molecule has 1 saturated carbocycles. The van der Waals surface area contributed by atoms with E-state index in [9.17, 15) is 5.26 Å². The topological polar surface area (TPSA) is 62.0 Å². The van der Waals surface area contributed by atoms with Gasteiger partial charge in [0.2, 0.25) is 0 Å². The Morgan fingerprint density at radius 1 is 1.40 bits per heavy atom. The minimum absolute atomic E-state index is 0.369. The second-order valence-electron chi connectivity index (χ2n) is 5.49. The van der Waals surface area contributed by atoms with Crippen molar-refractivity contribution in [1.82, 2.24) is 10.2 Å². The van der Waals surface area contributed by atoms with Gasteiger partial charge >= 0.3 is 0 Å². The molecule has 5 nitrogen and oxygen atoms in total. The van der Waals surface area contributed by atoms with Crippen molar-refractivity contribution in [3.8, 4) is 6.07 Å². The van der Waals surface area contributed by atoms with Crippen LogP contribution in [-0.2, 0) is 4.74 Å². The van der Waals surface area contributed by atoms with E-state index in [1.165, 1.54) is 12.8 Å². The first-order chi connectivity index (χ1) is 9.60. The standard InChI is InChI=1S/C15H22N4O/c1-10-11(2)17-18-15(14(10)9-16)19(7-8-20-4)12(3)13-5-6-13/h12-13H,5-8H2,1-4H3.